The van der Waals surface area contributed by atoms with Crippen LogP contribution in [0.3, 0.4) is 0 Å². The van der Waals surface area contributed by atoms with Crippen molar-refractivity contribution in [3.05, 3.63) is 74.8 Å². The number of amidine groups is 1. The zero-order valence-electron chi connectivity index (χ0n) is 23.3. The first-order chi connectivity index (χ1) is 20.6. The number of thiazole rings is 1. The highest BCUT2D eigenvalue weighted by atomic mass is 35.5. The number of piperidine rings is 1. The van der Waals surface area contributed by atoms with Gasteiger partial charge in [-0.05, 0) is 43.5 Å². The Bertz CT molecular complexity index is 1650. The molecule has 3 aromatic rings. The van der Waals surface area contributed by atoms with Crippen molar-refractivity contribution in [3.63, 3.8) is 0 Å². The monoisotopic (exact) mass is 653 g/mol. The standard InChI is InChI=1S/C28H31ClF3N7O2S2/c1-17-3-2-8-37(15-17)10-12-43(40,41)36-19-14-23-24(22-6-9-39(35-22)28(31)32)25(20-5-4-18(30)13-21(20)29)34-26(38(23)16-19)27-33-7-11-42-27/h4-7,9,11,13,17,19,25,28,36H,2-3,8,10,12,14-16H2,1H3/t17?,19-,25-/m0/s1. The Hall–Kier alpha value is -2.78. The molecule has 1 aromatic carbocycles. The fraction of sp³-hybridized carbons (Fsp3) is 0.464. The number of aliphatic imine (C=N–C) groups is 1. The van der Waals surface area contributed by atoms with Gasteiger partial charge in [0.1, 0.15) is 11.9 Å². The molecule has 0 spiro atoms. The fourth-order valence-electron chi connectivity index (χ4n) is 6.08. The van der Waals surface area contributed by atoms with Gasteiger partial charge >= 0.3 is 6.55 Å². The van der Waals surface area contributed by atoms with Gasteiger partial charge in [0, 0.05) is 71.7 Å². The van der Waals surface area contributed by atoms with Crippen LogP contribution in [0.2, 0.25) is 5.02 Å². The van der Waals surface area contributed by atoms with Crippen LogP contribution in [0.1, 0.15) is 55.0 Å². The summed E-state index contributed by atoms with van der Waals surface area (Å²) in [5.74, 6) is 0.486. The van der Waals surface area contributed by atoms with Crippen molar-refractivity contribution in [1.29, 1.82) is 0 Å². The summed E-state index contributed by atoms with van der Waals surface area (Å²) in [6, 6.07) is 4.09. The molecule has 6 rings (SSSR count). The first-order valence-electron chi connectivity index (χ1n) is 14.1. The van der Waals surface area contributed by atoms with Crippen LogP contribution in [0.25, 0.3) is 5.57 Å². The molecule has 9 nitrogen and oxygen atoms in total. The molecular weight excluding hydrogens is 623 g/mol. The maximum atomic E-state index is 14.0. The molecule has 2 aromatic heterocycles. The van der Waals surface area contributed by atoms with E-state index in [1.165, 1.54) is 41.8 Å². The zero-order valence-corrected chi connectivity index (χ0v) is 25.7. The van der Waals surface area contributed by atoms with E-state index in [2.05, 4.69) is 26.6 Å². The summed E-state index contributed by atoms with van der Waals surface area (Å²) in [5.41, 5.74) is 1.88. The minimum absolute atomic E-state index is 0.0256. The third-order valence-corrected chi connectivity index (χ3v) is 10.5. The van der Waals surface area contributed by atoms with E-state index in [0.717, 1.165) is 25.9 Å². The zero-order chi connectivity index (χ0) is 30.3. The largest absolute Gasteiger partial charge is 0.333 e. The third kappa shape index (κ3) is 6.53. The predicted molar refractivity (Wildman–Crippen MR) is 160 cm³/mol. The quantitative estimate of drug-likeness (QED) is 0.343. The van der Waals surface area contributed by atoms with Gasteiger partial charge in [0.2, 0.25) is 10.0 Å². The molecule has 15 heteroatoms. The Kier molecular flexibility index (Phi) is 8.66. The topological polar surface area (TPSA) is 95.7 Å². The lowest BCUT2D eigenvalue weighted by Gasteiger charge is -2.32. The van der Waals surface area contributed by atoms with Gasteiger partial charge in [-0.2, -0.15) is 13.9 Å². The fourth-order valence-corrected chi connectivity index (χ4v) is 8.28. The predicted octanol–water partition coefficient (Wildman–Crippen LogP) is 5.17. The van der Waals surface area contributed by atoms with Crippen molar-refractivity contribution in [2.24, 2.45) is 10.9 Å². The molecule has 2 fully saturated rings. The van der Waals surface area contributed by atoms with Gasteiger partial charge in [-0.1, -0.05) is 24.6 Å². The molecule has 3 aliphatic rings. The van der Waals surface area contributed by atoms with E-state index in [4.69, 9.17) is 16.6 Å². The molecule has 0 bridgehead atoms. The first kappa shape index (κ1) is 30.3. The number of likely N-dealkylation sites (tertiary alicyclic amines) is 1. The van der Waals surface area contributed by atoms with Crippen molar-refractivity contribution in [2.45, 2.75) is 44.8 Å². The highest BCUT2D eigenvalue weighted by Gasteiger charge is 2.42. The number of hydrogen-bond acceptors (Lipinski definition) is 8. The normalized spacial score (nSPS) is 23.3. The van der Waals surface area contributed by atoms with Gasteiger partial charge in [0.05, 0.1) is 11.4 Å². The van der Waals surface area contributed by atoms with Gasteiger partial charge in [-0.25, -0.2) is 27.2 Å². The second-order valence-corrected chi connectivity index (χ2v) is 14.3. The van der Waals surface area contributed by atoms with Gasteiger partial charge in [-0.3, -0.25) is 4.99 Å². The molecule has 0 aliphatic carbocycles. The molecule has 0 amide bonds. The summed E-state index contributed by atoms with van der Waals surface area (Å²) in [5, 5.41) is 6.65. The van der Waals surface area contributed by atoms with E-state index in [1.807, 2.05) is 4.90 Å². The molecule has 3 aliphatic heterocycles. The van der Waals surface area contributed by atoms with E-state index >= 15 is 0 Å². The van der Waals surface area contributed by atoms with Crippen LogP contribution >= 0.6 is 22.9 Å². The highest BCUT2D eigenvalue weighted by molar-refractivity contribution is 7.89. The van der Waals surface area contributed by atoms with Crippen molar-refractivity contribution < 1.29 is 21.6 Å². The smallest absolute Gasteiger partial charge is 0.326 e. The summed E-state index contributed by atoms with van der Waals surface area (Å²) in [7, 11) is -3.64. The maximum absolute atomic E-state index is 14.0. The lowest BCUT2D eigenvalue weighted by Crippen LogP contribution is -2.43. The molecule has 230 valence electrons. The number of nitrogens with zero attached hydrogens (tertiary/aromatic N) is 6. The molecule has 2 saturated heterocycles. The number of nitrogens with one attached hydrogen (secondary N) is 1. The molecule has 1 unspecified atom stereocenters. The Morgan fingerprint density at radius 3 is 2.77 bits per heavy atom. The summed E-state index contributed by atoms with van der Waals surface area (Å²) >= 11 is 7.87. The lowest BCUT2D eigenvalue weighted by molar-refractivity contribution is 0.0564. The Morgan fingerprint density at radius 2 is 2.07 bits per heavy atom. The number of fused-ring (bicyclic) bond motifs is 1. The number of halogens is 4. The molecular formula is C28H31ClF3N7O2S2. The van der Waals surface area contributed by atoms with Crippen LogP contribution in [0, 0.1) is 11.7 Å². The van der Waals surface area contributed by atoms with Gasteiger partial charge < -0.3 is 9.80 Å². The number of hydrogen-bond donors (Lipinski definition) is 1. The summed E-state index contributed by atoms with van der Waals surface area (Å²) in [4.78, 5) is 13.5. The Morgan fingerprint density at radius 1 is 1.23 bits per heavy atom. The third-order valence-electron chi connectivity index (χ3n) is 7.99. The van der Waals surface area contributed by atoms with Crippen LogP contribution < -0.4 is 4.72 Å². The van der Waals surface area contributed by atoms with Crippen LogP contribution in [0.5, 0.6) is 0 Å². The van der Waals surface area contributed by atoms with E-state index in [9.17, 15) is 21.6 Å². The summed E-state index contributed by atoms with van der Waals surface area (Å²) < 4.78 is 71.1. The molecule has 43 heavy (non-hydrogen) atoms. The van der Waals surface area contributed by atoms with Crippen molar-refractivity contribution in [2.75, 3.05) is 31.9 Å². The number of rotatable bonds is 9. The Labute approximate surface area is 257 Å². The Balaban J connectivity index is 1.37. The number of sulfonamides is 1. The average molecular weight is 654 g/mol. The molecule has 0 saturated carbocycles. The van der Waals surface area contributed by atoms with E-state index < -0.39 is 34.5 Å². The van der Waals surface area contributed by atoms with Crippen LogP contribution in [0.15, 0.2) is 52.7 Å². The van der Waals surface area contributed by atoms with Gasteiger partial charge in [-0.15, -0.1) is 11.3 Å². The average Bonchev–Trinajstić information content (AvgIpc) is 3.72. The molecule has 3 atom stereocenters. The van der Waals surface area contributed by atoms with Crippen molar-refractivity contribution >= 4 is 44.4 Å². The summed E-state index contributed by atoms with van der Waals surface area (Å²) in [6.07, 6.45) is 5.29. The van der Waals surface area contributed by atoms with Crippen LogP contribution in [-0.4, -0.2) is 76.8 Å². The van der Waals surface area contributed by atoms with Crippen molar-refractivity contribution in [3.8, 4) is 0 Å². The number of alkyl halides is 2. The second kappa shape index (κ2) is 12.3. The van der Waals surface area contributed by atoms with Crippen LogP contribution in [0.4, 0.5) is 13.2 Å². The first-order valence-corrected chi connectivity index (χ1v) is 17.0. The van der Waals surface area contributed by atoms with Gasteiger partial charge in [0.25, 0.3) is 0 Å². The maximum Gasteiger partial charge on any atom is 0.333 e. The highest BCUT2D eigenvalue weighted by Crippen LogP contribution is 2.46. The summed E-state index contributed by atoms with van der Waals surface area (Å²) in [6.45, 7) is 1.81. The van der Waals surface area contributed by atoms with Crippen LogP contribution in [-0.2, 0) is 10.0 Å². The molecule has 0 radical (unpaired) electrons. The number of benzene rings is 1. The van der Waals surface area contributed by atoms with Crippen molar-refractivity contribution in [1.82, 2.24) is 29.3 Å². The second-order valence-electron chi connectivity index (χ2n) is 11.2. The minimum Gasteiger partial charge on any atom is -0.326 e. The molecule has 1 N–H and O–H groups in total. The SMILES string of the molecule is CC1CCCN(CCS(=O)(=O)N[C@H]2CC3=C(c4ccn(C(F)F)n4)[C@H](c4ccc(F)cc4Cl)N=C(c4nccs4)N3C2)C1. The van der Waals surface area contributed by atoms with E-state index in [1.54, 1.807) is 11.6 Å². The van der Waals surface area contributed by atoms with E-state index in [-0.39, 0.29) is 29.4 Å². The van der Waals surface area contributed by atoms with E-state index in [0.29, 0.717) is 44.8 Å². The van der Waals surface area contributed by atoms with Gasteiger partial charge in [0.15, 0.2) is 10.8 Å². The lowest BCUT2D eigenvalue weighted by atomic mass is 9.92. The number of aromatic nitrogens is 3. The minimum atomic E-state index is -3.64. The molecule has 5 heterocycles.